The van der Waals surface area contributed by atoms with Crippen LogP contribution in [-0.2, 0) is 4.79 Å². The van der Waals surface area contributed by atoms with E-state index in [1.807, 2.05) is 0 Å². The zero-order valence-corrected chi connectivity index (χ0v) is 12.0. The van der Waals surface area contributed by atoms with Crippen LogP contribution in [0.5, 0.6) is 5.75 Å². The second-order valence-corrected chi connectivity index (χ2v) is 5.31. The number of hydrogen-bond donors (Lipinski definition) is 2. The summed E-state index contributed by atoms with van der Waals surface area (Å²) in [6.07, 6.45) is 1.76. The number of nitrogens with zero attached hydrogens (tertiary/aromatic N) is 1. The van der Waals surface area contributed by atoms with Crippen LogP contribution in [0.25, 0.3) is 0 Å². The van der Waals surface area contributed by atoms with Crippen molar-refractivity contribution in [1.82, 2.24) is 4.90 Å². The van der Waals surface area contributed by atoms with Gasteiger partial charge in [0.25, 0.3) is 5.91 Å². The normalized spacial score (nSPS) is 18.3. The number of carboxylic acids is 1. The number of hydrogen-bond acceptors (Lipinski definition) is 4. The first-order valence-electron chi connectivity index (χ1n) is 6.96. The number of amides is 1. The highest BCUT2D eigenvalue weighted by molar-refractivity contribution is 5.99. The van der Waals surface area contributed by atoms with E-state index in [9.17, 15) is 9.59 Å². The lowest BCUT2D eigenvalue weighted by Gasteiger charge is -2.32. The van der Waals surface area contributed by atoms with Gasteiger partial charge in [0.2, 0.25) is 0 Å². The van der Waals surface area contributed by atoms with Crippen molar-refractivity contribution in [2.24, 2.45) is 5.92 Å². The standard InChI is InChI=1S/C15H20N2O4/c1-21-11-4-5-12(13(16)8-11)15(20)17-6-2-3-10(9-17)7-14(18)19/h4-5,8,10H,2-3,6-7,9,16H2,1H3,(H,18,19). The number of ether oxygens (including phenoxy) is 1. The molecule has 1 aliphatic rings. The van der Waals surface area contributed by atoms with Crippen molar-refractivity contribution >= 4 is 17.6 Å². The van der Waals surface area contributed by atoms with Crippen LogP contribution in [0, 0.1) is 5.92 Å². The minimum absolute atomic E-state index is 0.0136. The fourth-order valence-corrected chi connectivity index (χ4v) is 2.70. The largest absolute Gasteiger partial charge is 0.497 e. The number of nitrogens with two attached hydrogens (primary N) is 1. The van der Waals surface area contributed by atoms with E-state index in [0.717, 1.165) is 12.8 Å². The molecule has 0 aromatic heterocycles. The molecular formula is C15H20N2O4. The van der Waals surface area contributed by atoms with Gasteiger partial charge in [0.05, 0.1) is 12.7 Å². The molecule has 1 aromatic rings. The molecule has 6 heteroatoms. The number of anilines is 1. The Balaban J connectivity index is 2.10. The number of nitrogen functional groups attached to an aromatic ring is 1. The summed E-state index contributed by atoms with van der Waals surface area (Å²) < 4.78 is 5.07. The molecule has 1 aromatic carbocycles. The van der Waals surface area contributed by atoms with Crippen LogP contribution in [0.1, 0.15) is 29.6 Å². The number of methoxy groups -OCH3 is 1. The molecule has 0 bridgehead atoms. The molecule has 1 amide bonds. The quantitative estimate of drug-likeness (QED) is 0.822. The van der Waals surface area contributed by atoms with Crippen LogP contribution in [-0.4, -0.2) is 42.1 Å². The van der Waals surface area contributed by atoms with E-state index in [0.29, 0.717) is 30.1 Å². The molecule has 0 radical (unpaired) electrons. The minimum Gasteiger partial charge on any atom is -0.497 e. The first-order chi connectivity index (χ1) is 10.0. The maximum atomic E-state index is 12.5. The molecule has 2 rings (SSSR count). The summed E-state index contributed by atoms with van der Waals surface area (Å²) in [7, 11) is 1.54. The van der Waals surface area contributed by atoms with E-state index < -0.39 is 5.97 Å². The number of rotatable bonds is 4. The van der Waals surface area contributed by atoms with Gasteiger partial charge in [-0.25, -0.2) is 0 Å². The first kappa shape index (κ1) is 15.2. The van der Waals surface area contributed by atoms with Crippen LogP contribution < -0.4 is 10.5 Å². The van der Waals surface area contributed by atoms with E-state index in [1.54, 1.807) is 23.1 Å². The maximum Gasteiger partial charge on any atom is 0.303 e. The third-order valence-corrected chi connectivity index (χ3v) is 3.76. The lowest BCUT2D eigenvalue weighted by molar-refractivity contribution is -0.138. The van der Waals surface area contributed by atoms with Crippen LogP contribution >= 0.6 is 0 Å². The van der Waals surface area contributed by atoms with Gasteiger partial charge in [0.1, 0.15) is 5.75 Å². The molecule has 1 aliphatic heterocycles. The highest BCUT2D eigenvalue weighted by atomic mass is 16.5. The van der Waals surface area contributed by atoms with Gasteiger partial charge in [-0.3, -0.25) is 9.59 Å². The summed E-state index contributed by atoms with van der Waals surface area (Å²) in [6.45, 7) is 1.11. The number of carboxylic acid groups (broad SMARTS) is 1. The van der Waals surface area contributed by atoms with Gasteiger partial charge in [-0.15, -0.1) is 0 Å². The number of aliphatic carboxylic acids is 1. The molecule has 1 fully saturated rings. The third-order valence-electron chi connectivity index (χ3n) is 3.76. The molecular weight excluding hydrogens is 272 g/mol. The molecule has 0 spiro atoms. The summed E-state index contributed by atoms with van der Waals surface area (Å²) in [5.41, 5.74) is 6.71. The van der Waals surface area contributed by atoms with Gasteiger partial charge in [-0.05, 0) is 30.9 Å². The van der Waals surface area contributed by atoms with Gasteiger partial charge >= 0.3 is 5.97 Å². The van der Waals surface area contributed by atoms with Crippen molar-refractivity contribution in [3.8, 4) is 5.75 Å². The molecule has 6 nitrogen and oxygen atoms in total. The highest BCUT2D eigenvalue weighted by Crippen LogP contribution is 2.25. The second kappa shape index (κ2) is 6.47. The van der Waals surface area contributed by atoms with Gasteiger partial charge in [0.15, 0.2) is 0 Å². The van der Waals surface area contributed by atoms with Gasteiger partial charge in [-0.2, -0.15) is 0 Å². The summed E-state index contributed by atoms with van der Waals surface area (Å²) in [5, 5.41) is 8.87. The van der Waals surface area contributed by atoms with Crippen molar-refractivity contribution < 1.29 is 19.4 Å². The van der Waals surface area contributed by atoms with Gasteiger partial charge < -0.3 is 20.5 Å². The van der Waals surface area contributed by atoms with E-state index in [1.165, 1.54) is 7.11 Å². The maximum absolute atomic E-state index is 12.5. The predicted octanol–water partition coefficient (Wildman–Crippen LogP) is 1.60. The number of carbonyl (C=O) groups is 2. The van der Waals surface area contributed by atoms with Crippen molar-refractivity contribution in [2.75, 3.05) is 25.9 Å². The van der Waals surface area contributed by atoms with Crippen molar-refractivity contribution in [2.45, 2.75) is 19.3 Å². The Bertz CT molecular complexity index is 544. The lowest BCUT2D eigenvalue weighted by atomic mass is 9.94. The Morgan fingerprint density at radius 3 is 2.86 bits per heavy atom. The summed E-state index contributed by atoms with van der Waals surface area (Å²) in [5.74, 6) is -0.352. The van der Waals surface area contributed by atoms with Crippen LogP contribution in [0.3, 0.4) is 0 Å². The monoisotopic (exact) mass is 292 g/mol. The minimum atomic E-state index is -0.821. The Kier molecular flexibility index (Phi) is 4.67. The number of piperidine rings is 1. The fourth-order valence-electron chi connectivity index (χ4n) is 2.70. The van der Waals surface area contributed by atoms with Gasteiger partial charge in [0, 0.05) is 31.3 Å². The molecule has 1 unspecified atom stereocenters. The van der Waals surface area contributed by atoms with Crippen LogP contribution in [0.4, 0.5) is 5.69 Å². The first-order valence-corrected chi connectivity index (χ1v) is 6.96. The zero-order valence-electron chi connectivity index (χ0n) is 12.0. The highest BCUT2D eigenvalue weighted by Gasteiger charge is 2.26. The smallest absolute Gasteiger partial charge is 0.303 e. The SMILES string of the molecule is COc1ccc(C(=O)N2CCCC(CC(=O)O)C2)c(N)c1. The molecule has 114 valence electrons. The summed E-state index contributed by atoms with van der Waals surface area (Å²) >= 11 is 0. The molecule has 0 aliphatic carbocycles. The molecule has 1 atom stereocenters. The van der Waals surface area contributed by atoms with Crippen molar-refractivity contribution in [3.63, 3.8) is 0 Å². The fraction of sp³-hybridized carbons (Fsp3) is 0.467. The molecule has 3 N–H and O–H groups in total. The Labute approximate surface area is 123 Å². The van der Waals surface area contributed by atoms with E-state index in [2.05, 4.69) is 0 Å². The van der Waals surface area contributed by atoms with Gasteiger partial charge in [-0.1, -0.05) is 0 Å². The van der Waals surface area contributed by atoms with Crippen molar-refractivity contribution in [1.29, 1.82) is 0 Å². The second-order valence-electron chi connectivity index (χ2n) is 5.31. The molecule has 0 saturated carbocycles. The Morgan fingerprint density at radius 2 is 2.24 bits per heavy atom. The third kappa shape index (κ3) is 3.65. The van der Waals surface area contributed by atoms with E-state index in [-0.39, 0.29) is 18.2 Å². The Hall–Kier alpha value is -2.24. The summed E-state index contributed by atoms with van der Waals surface area (Å²) in [6, 6.07) is 4.96. The van der Waals surface area contributed by atoms with E-state index in [4.69, 9.17) is 15.6 Å². The zero-order chi connectivity index (χ0) is 15.4. The molecule has 1 saturated heterocycles. The summed E-state index contributed by atoms with van der Waals surface area (Å²) in [4.78, 5) is 25.0. The van der Waals surface area contributed by atoms with Crippen molar-refractivity contribution in [3.05, 3.63) is 23.8 Å². The molecule has 21 heavy (non-hydrogen) atoms. The molecule has 1 heterocycles. The number of benzene rings is 1. The average molecular weight is 292 g/mol. The Morgan fingerprint density at radius 1 is 1.48 bits per heavy atom. The number of likely N-dealkylation sites (tertiary alicyclic amines) is 1. The average Bonchev–Trinajstić information content (AvgIpc) is 2.46. The van der Waals surface area contributed by atoms with Crippen LogP contribution in [0.15, 0.2) is 18.2 Å². The van der Waals surface area contributed by atoms with Crippen LogP contribution in [0.2, 0.25) is 0 Å². The number of carbonyl (C=O) groups excluding carboxylic acids is 1. The lowest BCUT2D eigenvalue weighted by Crippen LogP contribution is -2.40. The topological polar surface area (TPSA) is 92.9 Å². The van der Waals surface area contributed by atoms with E-state index >= 15 is 0 Å². The predicted molar refractivity (Wildman–Crippen MR) is 78.3 cm³/mol.